The number of hydrogen-bond donors (Lipinski definition) is 1. The lowest BCUT2D eigenvalue weighted by Crippen LogP contribution is -2.47. The van der Waals surface area contributed by atoms with Crippen molar-refractivity contribution in [3.8, 4) is 0 Å². The molecular formula is C10H23ClN2O3S. The van der Waals surface area contributed by atoms with E-state index in [0.29, 0.717) is 19.1 Å². The number of nitrogens with zero attached hydrogens (tertiary/aromatic N) is 1. The Morgan fingerprint density at radius 3 is 2.35 bits per heavy atom. The quantitative estimate of drug-likeness (QED) is 0.798. The summed E-state index contributed by atoms with van der Waals surface area (Å²) in [7, 11) is 0.271. The maximum Gasteiger partial charge on any atom is 0.218 e. The lowest BCUT2D eigenvalue weighted by Gasteiger charge is -2.32. The maximum atomic E-state index is 12.1. The molecule has 0 radical (unpaired) electrons. The molecule has 1 fully saturated rings. The van der Waals surface area contributed by atoms with Crippen molar-refractivity contribution < 1.29 is 13.2 Å². The molecule has 1 unspecified atom stereocenters. The fourth-order valence-electron chi connectivity index (χ4n) is 1.97. The van der Waals surface area contributed by atoms with E-state index in [1.54, 1.807) is 11.2 Å². The van der Waals surface area contributed by atoms with Crippen molar-refractivity contribution in [2.75, 3.05) is 33.9 Å². The van der Waals surface area contributed by atoms with Crippen LogP contribution in [-0.4, -0.2) is 57.9 Å². The Bertz CT molecular complexity index is 303. The monoisotopic (exact) mass is 286 g/mol. The second kappa shape index (κ2) is 7.53. The van der Waals surface area contributed by atoms with Crippen LogP contribution in [0.3, 0.4) is 0 Å². The summed E-state index contributed by atoms with van der Waals surface area (Å²) in [6, 6.07) is 0.448. The third-order valence-corrected chi connectivity index (χ3v) is 5.37. The minimum absolute atomic E-state index is 0. The van der Waals surface area contributed by atoms with Crippen molar-refractivity contribution >= 4 is 22.4 Å². The van der Waals surface area contributed by atoms with Crippen molar-refractivity contribution in [3.05, 3.63) is 0 Å². The lowest BCUT2D eigenvalue weighted by molar-refractivity contribution is 0.196. The highest BCUT2D eigenvalue weighted by molar-refractivity contribution is 7.89. The van der Waals surface area contributed by atoms with Gasteiger partial charge in [0.2, 0.25) is 10.0 Å². The first-order valence-corrected chi connectivity index (χ1v) is 7.17. The Kier molecular flexibility index (Phi) is 7.58. The summed E-state index contributed by atoms with van der Waals surface area (Å²) >= 11 is 0. The van der Waals surface area contributed by atoms with Gasteiger partial charge in [0.15, 0.2) is 0 Å². The summed E-state index contributed by atoms with van der Waals surface area (Å²) in [5.41, 5.74) is 0. The first kappa shape index (κ1) is 17.1. The topological polar surface area (TPSA) is 58.6 Å². The smallest absolute Gasteiger partial charge is 0.218 e. The third-order valence-electron chi connectivity index (χ3n) is 3.13. The normalized spacial score (nSPS) is 20.9. The van der Waals surface area contributed by atoms with Crippen LogP contribution < -0.4 is 5.32 Å². The first-order valence-electron chi connectivity index (χ1n) is 5.67. The summed E-state index contributed by atoms with van der Waals surface area (Å²) in [5.74, 6) is 0. The minimum Gasteiger partial charge on any atom is -0.383 e. The molecule has 1 aliphatic heterocycles. The van der Waals surface area contributed by atoms with Crippen LogP contribution in [0.15, 0.2) is 0 Å². The number of sulfonamides is 1. The zero-order valence-corrected chi connectivity index (χ0v) is 12.3. The van der Waals surface area contributed by atoms with Gasteiger partial charge in [-0.25, -0.2) is 12.7 Å². The highest BCUT2D eigenvalue weighted by atomic mass is 35.5. The van der Waals surface area contributed by atoms with Crippen LogP contribution in [0.4, 0.5) is 0 Å². The first-order chi connectivity index (χ1) is 7.52. The van der Waals surface area contributed by atoms with E-state index in [9.17, 15) is 8.42 Å². The molecule has 1 aliphatic rings. The molecule has 5 nitrogen and oxygen atoms in total. The van der Waals surface area contributed by atoms with E-state index < -0.39 is 15.3 Å². The standard InChI is InChI=1S/C10H22N2O3S.ClH/c1-9(8-15-3)16(13,14)12-6-4-10(11-2)5-7-12;/h9-11H,4-8H2,1-3H3;1H. The Balaban J connectivity index is 0.00000256. The van der Waals surface area contributed by atoms with Gasteiger partial charge in [-0.2, -0.15) is 0 Å². The third kappa shape index (κ3) is 4.37. The van der Waals surface area contributed by atoms with Gasteiger partial charge in [-0.1, -0.05) is 0 Å². The fraction of sp³-hybridized carbons (Fsp3) is 1.00. The molecule has 0 aliphatic carbocycles. The SMILES string of the molecule is CNC1CCN(S(=O)(=O)C(C)COC)CC1.Cl. The summed E-state index contributed by atoms with van der Waals surface area (Å²) < 4.78 is 30.7. The fourth-order valence-corrected chi connectivity index (χ4v) is 3.51. The van der Waals surface area contributed by atoms with Gasteiger partial charge in [-0.3, -0.25) is 0 Å². The predicted octanol–water partition coefficient (Wildman–Crippen LogP) is 0.457. The Labute approximate surface area is 110 Å². The van der Waals surface area contributed by atoms with Crippen LogP contribution in [0.5, 0.6) is 0 Å². The second-order valence-corrected chi connectivity index (χ2v) is 6.62. The van der Waals surface area contributed by atoms with E-state index in [0.717, 1.165) is 12.8 Å². The Morgan fingerprint density at radius 2 is 1.94 bits per heavy atom. The molecule has 0 amide bonds. The predicted molar refractivity (Wildman–Crippen MR) is 71.2 cm³/mol. The van der Waals surface area contributed by atoms with Gasteiger partial charge in [0.1, 0.15) is 0 Å². The van der Waals surface area contributed by atoms with Crippen LogP contribution in [0, 0.1) is 0 Å². The van der Waals surface area contributed by atoms with Crippen LogP contribution in [0.25, 0.3) is 0 Å². The van der Waals surface area contributed by atoms with Crippen molar-refractivity contribution in [1.82, 2.24) is 9.62 Å². The zero-order chi connectivity index (χ0) is 12.2. The molecule has 0 aromatic heterocycles. The maximum absolute atomic E-state index is 12.1. The molecule has 1 atom stereocenters. The van der Waals surface area contributed by atoms with Gasteiger partial charge in [-0.05, 0) is 26.8 Å². The van der Waals surface area contributed by atoms with Gasteiger partial charge in [0.05, 0.1) is 11.9 Å². The number of methoxy groups -OCH3 is 1. The summed E-state index contributed by atoms with van der Waals surface area (Å²) in [6.45, 7) is 3.18. The van der Waals surface area contributed by atoms with Gasteiger partial charge >= 0.3 is 0 Å². The average Bonchev–Trinajstić information content (AvgIpc) is 2.29. The van der Waals surface area contributed by atoms with Crippen molar-refractivity contribution in [2.24, 2.45) is 0 Å². The highest BCUT2D eigenvalue weighted by Gasteiger charge is 2.31. The van der Waals surface area contributed by atoms with Crippen LogP contribution in [0.1, 0.15) is 19.8 Å². The van der Waals surface area contributed by atoms with Crippen LogP contribution in [-0.2, 0) is 14.8 Å². The molecule has 7 heteroatoms. The molecule has 0 saturated carbocycles. The Morgan fingerprint density at radius 1 is 1.41 bits per heavy atom. The van der Waals surface area contributed by atoms with Crippen LogP contribution in [0.2, 0.25) is 0 Å². The van der Waals surface area contributed by atoms with Gasteiger partial charge in [-0.15, -0.1) is 12.4 Å². The summed E-state index contributed by atoms with van der Waals surface area (Å²) in [5, 5.41) is 2.73. The molecule has 0 aromatic carbocycles. The number of ether oxygens (including phenoxy) is 1. The second-order valence-electron chi connectivity index (χ2n) is 4.27. The van der Waals surface area contributed by atoms with Crippen molar-refractivity contribution in [1.29, 1.82) is 0 Å². The van der Waals surface area contributed by atoms with E-state index in [1.165, 1.54) is 7.11 Å². The van der Waals surface area contributed by atoms with E-state index in [2.05, 4.69) is 5.32 Å². The number of rotatable bonds is 5. The molecular weight excluding hydrogens is 264 g/mol. The molecule has 1 saturated heterocycles. The van der Waals surface area contributed by atoms with Gasteiger partial charge in [0.25, 0.3) is 0 Å². The van der Waals surface area contributed by atoms with Crippen molar-refractivity contribution in [2.45, 2.75) is 31.1 Å². The average molecular weight is 287 g/mol. The highest BCUT2D eigenvalue weighted by Crippen LogP contribution is 2.17. The van der Waals surface area contributed by atoms with E-state index in [1.807, 2.05) is 7.05 Å². The number of hydrogen-bond acceptors (Lipinski definition) is 4. The van der Waals surface area contributed by atoms with E-state index in [-0.39, 0.29) is 19.0 Å². The minimum atomic E-state index is -3.18. The molecule has 1 rings (SSSR count). The largest absolute Gasteiger partial charge is 0.383 e. The van der Waals surface area contributed by atoms with E-state index in [4.69, 9.17) is 4.74 Å². The molecule has 0 spiro atoms. The Hall–Kier alpha value is 0.120. The van der Waals surface area contributed by atoms with Crippen molar-refractivity contribution in [3.63, 3.8) is 0 Å². The molecule has 17 heavy (non-hydrogen) atoms. The van der Waals surface area contributed by atoms with Crippen LogP contribution >= 0.6 is 12.4 Å². The summed E-state index contributed by atoms with van der Waals surface area (Å²) in [6.07, 6.45) is 1.77. The van der Waals surface area contributed by atoms with E-state index >= 15 is 0 Å². The molecule has 0 aromatic rings. The molecule has 1 heterocycles. The number of halogens is 1. The van der Waals surface area contributed by atoms with Gasteiger partial charge < -0.3 is 10.1 Å². The molecule has 0 bridgehead atoms. The number of piperidine rings is 1. The summed E-state index contributed by atoms with van der Waals surface area (Å²) in [4.78, 5) is 0. The lowest BCUT2D eigenvalue weighted by atomic mass is 10.1. The molecule has 104 valence electrons. The zero-order valence-electron chi connectivity index (χ0n) is 10.7. The number of nitrogens with one attached hydrogen (secondary N) is 1. The van der Waals surface area contributed by atoms with Gasteiger partial charge in [0, 0.05) is 26.2 Å². The molecule has 1 N–H and O–H groups in total.